The van der Waals surface area contributed by atoms with Crippen LogP contribution in [0.3, 0.4) is 0 Å². The first kappa shape index (κ1) is 9.47. The van der Waals surface area contributed by atoms with Crippen molar-refractivity contribution in [2.24, 2.45) is 0 Å². The van der Waals surface area contributed by atoms with Crippen molar-refractivity contribution < 1.29 is 0 Å². The first-order chi connectivity index (χ1) is 6.90. The summed E-state index contributed by atoms with van der Waals surface area (Å²) in [4.78, 5) is 0. The van der Waals surface area contributed by atoms with Crippen LogP contribution >= 0.6 is 11.3 Å². The van der Waals surface area contributed by atoms with Crippen molar-refractivity contribution in [3.05, 3.63) is 47.4 Å². The summed E-state index contributed by atoms with van der Waals surface area (Å²) in [5.74, 6) is 0. The molecule has 0 unspecified atom stereocenters. The number of allylic oxidation sites excluding steroid dienone is 2. The Hall–Kier alpha value is -1.08. The second-order valence-corrected chi connectivity index (χ2v) is 4.35. The van der Waals surface area contributed by atoms with Gasteiger partial charge in [-0.25, -0.2) is 0 Å². The SMILES string of the molecule is CC=CCCc1ccc2sccc2c1. The molecule has 1 heteroatoms. The highest BCUT2D eigenvalue weighted by Crippen LogP contribution is 2.22. The van der Waals surface area contributed by atoms with Crippen LogP contribution in [0.1, 0.15) is 18.9 Å². The Morgan fingerprint density at radius 1 is 1.29 bits per heavy atom. The Labute approximate surface area is 88.9 Å². The van der Waals surface area contributed by atoms with Gasteiger partial charge in [-0.3, -0.25) is 0 Å². The van der Waals surface area contributed by atoms with Gasteiger partial charge in [0.2, 0.25) is 0 Å². The zero-order chi connectivity index (χ0) is 9.80. The molecule has 0 nitrogen and oxygen atoms in total. The van der Waals surface area contributed by atoms with E-state index in [9.17, 15) is 0 Å². The third-order valence-corrected chi connectivity index (χ3v) is 3.25. The monoisotopic (exact) mass is 202 g/mol. The van der Waals surface area contributed by atoms with Crippen molar-refractivity contribution >= 4 is 21.4 Å². The molecule has 0 bridgehead atoms. The number of thiophene rings is 1. The largest absolute Gasteiger partial charge is 0.144 e. The summed E-state index contributed by atoms with van der Waals surface area (Å²) in [6, 6.07) is 8.96. The van der Waals surface area contributed by atoms with Gasteiger partial charge in [-0.05, 0) is 48.2 Å². The zero-order valence-corrected chi connectivity index (χ0v) is 9.18. The highest BCUT2D eigenvalue weighted by Gasteiger charge is 1.96. The van der Waals surface area contributed by atoms with Crippen LogP contribution < -0.4 is 0 Å². The van der Waals surface area contributed by atoms with Crippen LogP contribution in [0.5, 0.6) is 0 Å². The normalized spacial score (nSPS) is 11.5. The van der Waals surface area contributed by atoms with Crippen LogP contribution in [0.2, 0.25) is 0 Å². The average molecular weight is 202 g/mol. The lowest BCUT2D eigenvalue weighted by atomic mass is 10.1. The molecule has 14 heavy (non-hydrogen) atoms. The minimum absolute atomic E-state index is 1.14. The van der Waals surface area contributed by atoms with Crippen LogP contribution in [0.15, 0.2) is 41.8 Å². The van der Waals surface area contributed by atoms with Crippen molar-refractivity contribution in [3.63, 3.8) is 0 Å². The van der Waals surface area contributed by atoms with Crippen molar-refractivity contribution in [1.82, 2.24) is 0 Å². The lowest BCUT2D eigenvalue weighted by Crippen LogP contribution is -1.81. The number of benzene rings is 1. The van der Waals surface area contributed by atoms with Crippen LogP contribution in [0.25, 0.3) is 10.1 Å². The van der Waals surface area contributed by atoms with Gasteiger partial charge in [0.1, 0.15) is 0 Å². The molecule has 1 aromatic heterocycles. The number of aryl methyl sites for hydroxylation is 1. The fraction of sp³-hybridized carbons (Fsp3) is 0.231. The van der Waals surface area contributed by atoms with Crippen molar-refractivity contribution in [2.75, 3.05) is 0 Å². The number of fused-ring (bicyclic) bond motifs is 1. The Balaban J connectivity index is 2.17. The maximum atomic E-state index is 2.30. The molecule has 0 amide bonds. The highest BCUT2D eigenvalue weighted by atomic mass is 32.1. The smallest absolute Gasteiger partial charge is 0.0342 e. The topological polar surface area (TPSA) is 0 Å². The van der Waals surface area contributed by atoms with Crippen LogP contribution in [-0.2, 0) is 6.42 Å². The van der Waals surface area contributed by atoms with Gasteiger partial charge in [0.25, 0.3) is 0 Å². The molecule has 2 aromatic rings. The van der Waals surface area contributed by atoms with Crippen LogP contribution in [-0.4, -0.2) is 0 Å². The first-order valence-electron chi connectivity index (χ1n) is 4.97. The van der Waals surface area contributed by atoms with Gasteiger partial charge >= 0.3 is 0 Å². The quantitative estimate of drug-likeness (QED) is 0.647. The average Bonchev–Trinajstić information content (AvgIpc) is 2.65. The molecule has 0 atom stereocenters. The van der Waals surface area contributed by atoms with E-state index < -0.39 is 0 Å². The lowest BCUT2D eigenvalue weighted by molar-refractivity contribution is 1.00. The maximum Gasteiger partial charge on any atom is 0.0342 e. The minimum atomic E-state index is 1.14. The van der Waals surface area contributed by atoms with Crippen LogP contribution in [0, 0.1) is 0 Å². The van der Waals surface area contributed by atoms with E-state index >= 15 is 0 Å². The molecule has 0 fully saturated rings. The third kappa shape index (κ3) is 2.05. The number of hydrogen-bond acceptors (Lipinski definition) is 1. The molecule has 0 N–H and O–H groups in total. The van der Waals surface area contributed by atoms with E-state index in [4.69, 9.17) is 0 Å². The van der Waals surface area contributed by atoms with Crippen molar-refractivity contribution in [1.29, 1.82) is 0 Å². The predicted octanol–water partition coefficient (Wildman–Crippen LogP) is 4.41. The molecule has 0 radical (unpaired) electrons. The third-order valence-electron chi connectivity index (χ3n) is 2.35. The second-order valence-electron chi connectivity index (χ2n) is 3.40. The molecular formula is C13H14S. The maximum absolute atomic E-state index is 2.30. The van der Waals surface area contributed by atoms with Gasteiger partial charge in [0.15, 0.2) is 0 Å². The minimum Gasteiger partial charge on any atom is -0.144 e. The lowest BCUT2D eigenvalue weighted by Gasteiger charge is -1.98. The first-order valence-corrected chi connectivity index (χ1v) is 5.85. The second kappa shape index (κ2) is 4.43. The summed E-state index contributed by atoms with van der Waals surface area (Å²) in [5, 5.41) is 3.54. The molecule has 0 aliphatic carbocycles. The fourth-order valence-corrected chi connectivity index (χ4v) is 2.36. The van der Waals surface area contributed by atoms with Gasteiger partial charge in [0.05, 0.1) is 0 Å². The number of rotatable bonds is 3. The van der Waals surface area contributed by atoms with Gasteiger partial charge < -0.3 is 0 Å². The molecule has 0 spiro atoms. The van der Waals surface area contributed by atoms with Crippen LogP contribution in [0.4, 0.5) is 0 Å². The Morgan fingerprint density at radius 3 is 3.07 bits per heavy atom. The Morgan fingerprint density at radius 2 is 2.21 bits per heavy atom. The summed E-state index contributed by atoms with van der Waals surface area (Å²) in [5.41, 5.74) is 1.44. The van der Waals surface area contributed by atoms with Crippen molar-refractivity contribution in [3.8, 4) is 0 Å². The van der Waals surface area contributed by atoms with E-state index in [0.717, 1.165) is 12.8 Å². The molecule has 0 aliphatic rings. The fourth-order valence-electron chi connectivity index (χ4n) is 1.59. The van der Waals surface area contributed by atoms with E-state index in [1.807, 2.05) is 11.3 Å². The van der Waals surface area contributed by atoms with E-state index in [1.165, 1.54) is 15.6 Å². The summed E-state index contributed by atoms with van der Waals surface area (Å²) in [6.07, 6.45) is 6.63. The highest BCUT2D eigenvalue weighted by molar-refractivity contribution is 7.17. The van der Waals surface area contributed by atoms with Gasteiger partial charge in [-0.1, -0.05) is 24.3 Å². The van der Waals surface area contributed by atoms with Gasteiger partial charge in [-0.15, -0.1) is 11.3 Å². The molecule has 0 saturated carbocycles. The zero-order valence-electron chi connectivity index (χ0n) is 8.36. The number of hydrogen-bond donors (Lipinski definition) is 0. The summed E-state index contributed by atoms with van der Waals surface area (Å²) in [7, 11) is 0. The Bertz CT molecular complexity index is 437. The van der Waals surface area contributed by atoms with E-state index in [-0.39, 0.29) is 0 Å². The summed E-state index contributed by atoms with van der Waals surface area (Å²) < 4.78 is 1.39. The molecular weight excluding hydrogens is 188 g/mol. The molecule has 1 aromatic carbocycles. The van der Waals surface area contributed by atoms with Gasteiger partial charge in [-0.2, -0.15) is 0 Å². The predicted molar refractivity (Wildman–Crippen MR) is 65.0 cm³/mol. The Kier molecular flexibility index (Phi) is 3.00. The van der Waals surface area contributed by atoms with E-state index in [1.54, 1.807) is 0 Å². The summed E-state index contributed by atoms with van der Waals surface area (Å²) in [6.45, 7) is 2.07. The molecule has 0 saturated heterocycles. The van der Waals surface area contributed by atoms with Gasteiger partial charge in [0, 0.05) is 4.70 Å². The van der Waals surface area contributed by atoms with E-state index in [0.29, 0.717) is 0 Å². The molecule has 0 aliphatic heterocycles. The molecule has 2 rings (SSSR count). The van der Waals surface area contributed by atoms with Crippen molar-refractivity contribution in [2.45, 2.75) is 19.8 Å². The summed E-state index contributed by atoms with van der Waals surface area (Å²) >= 11 is 1.81. The van der Waals surface area contributed by atoms with E-state index in [2.05, 4.69) is 48.7 Å². The molecule has 72 valence electrons. The molecule has 1 heterocycles. The standard InChI is InChI=1S/C13H14S/c1-2-3-4-5-11-6-7-13-12(10-11)8-9-14-13/h2-3,6-10H,4-5H2,1H3.